The normalized spacial score (nSPS) is 15.2. The van der Waals surface area contributed by atoms with Gasteiger partial charge in [-0.05, 0) is 46.6 Å². The first kappa shape index (κ1) is 21.9. The summed E-state index contributed by atoms with van der Waals surface area (Å²) < 4.78 is 12.4. The number of nitrogens with zero attached hydrogens (tertiary/aromatic N) is 3. The molecule has 0 radical (unpaired) electrons. The number of para-hydroxylation sites is 1. The molecular weight excluding hydrogens is 408 g/mol. The zero-order chi connectivity index (χ0) is 23.0. The molecule has 1 N–H and O–H groups in total. The number of ether oxygens (including phenoxy) is 2. The summed E-state index contributed by atoms with van der Waals surface area (Å²) >= 11 is 0. The lowest BCUT2D eigenvalue weighted by Gasteiger charge is -2.33. The number of H-pyrrole nitrogens is 1. The van der Waals surface area contributed by atoms with Crippen molar-refractivity contribution in [1.82, 2.24) is 19.5 Å². The van der Waals surface area contributed by atoms with Gasteiger partial charge in [-0.25, -0.2) is 4.79 Å². The molecule has 0 saturated carbocycles. The first-order chi connectivity index (χ1) is 15.2. The maximum absolute atomic E-state index is 12.9. The molecular formula is C24H30N4O4. The van der Waals surface area contributed by atoms with E-state index in [1.54, 1.807) is 18.1 Å². The molecule has 1 aliphatic rings. The number of piperidine rings is 1. The molecule has 1 saturated heterocycles. The summed E-state index contributed by atoms with van der Waals surface area (Å²) in [5, 5.41) is 4.47. The van der Waals surface area contributed by atoms with Crippen LogP contribution in [0.2, 0.25) is 0 Å². The van der Waals surface area contributed by atoms with Gasteiger partial charge in [0.25, 0.3) is 5.56 Å². The molecule has 0 bridgehead atoms. The highest BCUT2D eigenvalue weighted by Crippen LogP contribution is 2.35. The Morgan fingerprint density at radius 3 is 2.53 bits per heavy atom. The largest absolute Gasteiger partial charge is 0.496 e. The Balaban J connectivity index is 1.65. The van der Waals surface area contributed by atoms with Gasteiger partial charge in [-0.15, -0.1) is 0 Å². The SMILES string of the molecule is COc1ccccc1-c1c(C)nn2c(=O)cc(C3CCN(C(=O)OC(C)(C)C)CC3)[nH]c12. The zero-order valence-corrected chi connectivity index (χ0v) is 19.3. The summed E-state index contributed by atoms with van der Waals surface area (Å²) in [5.74, 6) is 0.870. The molecule has 1 aliphatic heterocycles. The number of hydrogen-bond acceptors (Lipinski definition) is 5. The van der Waals surface area contributed by atoms with E-state index in [1.807, 2.05) is 52.0 Å². The van der Waals surface area contributed by atoms with Crippen LogP contribution in [0.3, 0.4) is 0 Å². The number of methoxy groups -OCH3 is 1. The highest BCUT2D eigenvalue weighted by molar-refractivity contribution is 5.83. The van der Waals surface area contributed by atoms with Crippen LogP contribution in [0.25, 0.3) is 16.8 Å². The monoisotopic (exact) mass is 438 g/mol. The first-order valence-corrected chi connectivity index (χ1v) is 10.9. The molecule has 1 fully saturated rings. The predicted molar refractivity (Wildman–Crippen MR) is 122 cm³/mol. The van der Waals surface area contributed by atoms with E-state index in [0.717, 1.165) is 41.1 Å². The number of aromatic nitrogens is 3. The van der Waals surface area contributed by atoms with Gasteiger partial charge in [0.1, 0.15) is 17.0 Å². The van der Waals surface area contributed by atoms with E-state index in [9.17, 15) is 9.59 Å². The fourth-order valence-corrected chi connectivity index (χ4v) is 4.26. The van der Waals surface area contributed by atoms with Crippen LogP contribution in [0.15, 0.2) is 35.1 Å². The Morgan fingerprint density at radius 1 is 1.19 bits per heavy atom. The third-order valence-corrected chi connectivity index (χ3v) is 5.77. The average molecular weight is 439 g/mol. The molecule has 1 aromatic carbocycles. The van der Waals surface area contributed by atoms with E-state index in [4.69, 9.17) is 9.47 Å². The second-order valence-corrected chi connectivity index (χ2v) is 9.23. The Bertz CT molecular complexity index is 1200. The summed E-state index contributed by atoms with van der Waals surface area (Å²) in [5.41, 5.74) is 3.32. The van der Waals surface area contributed by atoms with Gasteiger partial charge in [0.15, 0.2) is 0 Å². The number of fused-ring (bicyclic) bond motifs is 1. The number of hydrogen-bond donors (Lipinski definition) is 1. The fourth-order valence-electron chi connectivity index (χ4n) is 4.26. The van der Waals surface area contributed by atoms with Gasteiger partial charge in [-0.2, -0.15) is 9.61 Å². The van der Waals surface area contributed by atoms with Crippen molar-refractivity contribution in [3.63, 3.8) is 0 Å². The standard InChI is InChI=1S/C24H30N4O4/c1-15-21(17-8-6-7-9-19(17)31-5)22-25-18(14-20(29)28(22)26-15)16-10-12-27(13-11-16)23(30)32-24(2,3)4/h6-9,14,16,25H,10-13H2,1-5H3. The van der Waals surface area contributed by atoms with Crippen molar-refractivity contribution in [3.8, 4) is 16.9 Å². The lowest BCUT2D eigenvalue weighted by molar-refractivity contribution is 0.0204. The maximum Gasteiger partial charge on any atom is 0.410 e. The predicted octanol–water partition coefficient (Wildman–Crippen LogP) is 4.12. The molecule has 2 aromatic heterocycles. The van der Waals surface area contributed by atoms with Crippen LogP contribution in [0.5, 0.6) is 5.75 Å². The number of amides is 1. The van der Waals surface area contributed by atoms with E-state index in [1.165, 1.54) is 4.52 Å². The average Bonchev–Trinajstić information content (AvgIpc) is 3.09. The van der Waals surface area contributed by atoms with Crippen molar-refractivity contribution in [1.29, 1.82) is 0 Å². The van der Waals surface area contributed by atoms with Crippen LogP contribution in [0, 0.1) is 6.92 Å². The highest BCUT2D eigenvalue weighted by Gasteiger charge is 2.28. The van der Waals surface area contributed by atoms with Crippen molar-refractivity contribution in [2.45, 2.75) is 52.1 Å². The van der Waals surface area contributed by atoms with Crippen molar-refractivity contribution < 1.29 is 14.3 Å². The second-order valence-electron chi connectivity index (χ2n) is 9.23. The topological polar surface area (TPSA) is 88.9 Å². The van der Waals surface area contributed by atoms with Gasteiger partial charge in [-0.1, -0.05) is 18.2 Å². The fraction of sp³-hybridized carbons (Fsp3) is 0.458. The summed E-state index contributed by atoms with van der Waals surface area (Å²) in [6.45, 7) is 8.66. The van der Waals surface area contributed by atoms with Gasteiger partial charge in [0.2, 0.25) is 0 Å². The number of carbonyl (C=O) groups is 1. The molecule has 3 heterocycles. The van der Waals surface area contributed by atoms with E-state index in [-0.39, 0.29) is 17.6 Å². The van der Waals surface area contributed by atoms with Crippen molar-refractivity contribution in [2.24, 2.45) is 0 Å². The Morgan fingerprint density at radius 2 is 1.88 bits per heavy atom. The van der Waals surface area contributed by atoms with Crippen LogP contribution in [0.1, 0.15) is 50.9 Å². The smallest absolute Gasteiger partial charge is 0.410 e. The molecule has 0 unspecified atom stereocenters. The Hall–Kier alpha value is -3.29. The van der Waals surface area contributed by atoms with E-state index in [2.05, 4.69) is 10.1 Å². The second kappa shape index (κ2) is 8.33. The van der Waals surface area contributed by atoms with Crippen LogP contribution in [-0.2, 0) is 4.74 Å². The van der Waals surface area contributed by atoms with Gasteiger partial charge in [0.05, 0.1) is 18.4 Å². The molecule has 3 aromatic rings. The Labute approximate surface area is 187 Å². The summed E-state index contributed by atoms with van der Waals surface area (Å²) in [4.78, 5) is 30.5. The lowest BCUT2D eigenvalue weighted by atomic mass is 9.93. The van der Waals surface area contributed by atoms with E-state index >= 15 is 0 Å². The minimum absolute atomic E-state index is 0.145. The number of aromatic amines is 1. The molecule has 4 rings (SSSR count). The number of nitrogens with one attached hydrogen (secondary N) is 1. The van der Waals surface area contributed by atoms with Crippen molar-refractivity contribution in [2.75, 3.05) is 20.2 Å². The molecule has 1 amide bonds. The van der Waals surface area contributed by atoms with Gasteiger partial charge < -0.3 is 19.4 Å². The molecule has 0 aliphatic carbocycles. The zero-order valence-electron chi connectivity index (χ0n) is 19.3. The first-order valence-electron chi connectivity index (χ1n) is 10.9. The van der Waals surface area contributed by atoms with Crippen LogP contribution in [-0.4, -0.2) is 51.4 Å². The quantitative estimate of drug-likeness (QED) is 0.664. The van der Waals surface area contributed by atoms with E-state index in [0.29, 0.717) is 18.7 Å². The number of aryl methyl sites for hydroxylation is 1. The molecule has 8 heteroatoms. The highest BCUT2D eigenvalue weighted by atomic mass is 16.6. The van der Waals surface area contributed by atoms with E-state index < -0.39 is 5.60 Å². The minimum Gasteiger partial charge on any atom is -0.496 e. The Kier molecular flexibility index (Phi) is 5.71. The third-order valence-electron chi connectivity index (χ3n) is 5.77. The summed E-state index contributed by atoms with van der Waals surface area (Å²) in [6.07, 6.45) is 1.22. The molecule has 8 nitrogen and oxygen atoms in total. The third kappa shape index (κ3) is 4.22. The van der Waals surface area contributed by atoms with Crippen LogP contribution >= 0.6 is 0 Å². The molecule has 0 spiro atoms. The van der Waals surface area contributed by atoms with Crippen LogP contribution < -0.4 is 10.3 Å². The summed E-state index contributed by atoms with van der Waals surface area (Å²) in [7, 11) is 1.63. The number of benzene rings is 1. The minimum atomic E-state index is -0.515. The number of carbonyl (C=O) groups excluding carboxylic acids is 1. The maximum atomic E-state index is 12.9. The van der Waals surface area contributed by atoms with Gasteiger partial charge in [0, 0.05) is 36.3 Å². The number of rotatable bonds is 3. The van der Waals surface area contributed by atoms with Gasteiger partial charge >= 0.3 is 6.09 Å². The molecule has 32 heavy (non-hydrogen) atoms. The van der Waals surface area contributed by atoms with Crippen molar-refractivity contribution in [3.05, 3.63) is 52.1 Å². The van der Waals surface area contributed by atoms with Crippen molar-refractivity contribution >= 4 is 11.7 Å². The number of likely N-dealkylation sites (tertiary alicyclic amines) is 1. The van der Waals surface area contributed by atoms with Gasteiger partial charge in [-0.3, -0.25) is 4.79 Å². The molecule has 0 atom stereocenters. The summed E-state index contributed by atoms with van der Waals surface area (Å²) in [6, 6.07) is 9.34. The van der Waals surface area contributed by atoms with Crippen LogP contribution in [0.4, 0.5) is 4.79 Å². The molecule has 170 valence electrons. The lowest BCUT2D eigenvalue weighted by Crippen LogP contribution is -2.41.